The van der Waals surface area contributed by atoms with Crippen LogP contribution in [-0.2, 0) is 6.61 Å². The van der Waals surface area contributed by atoms with Crippen LogP contribution >= 0.6 is 15.9 Å². The van der Waals surface area contributed by atoms with Gasteiger partial charge in [-0.1, -0.05) is 15.9 Å². The summed E-state index contributed by atoms with van der Waals surface area (Å²) in [5, 5.41) is 9.50. The Labute approximate surface area is 117 Å². The summed E-state index contributed by atoms with van der Waals surface area (Å²) in [4.78, 5) is 5.04. The molecule has 1 aromatic rings. The van der Waals surface area contributed by atoms with E-state index in [1.54, 1.807) is 0 Å². The Morgan fingerprint density at radius 3 is 3.00 bits per heavy atom. The van der Waals surface area contributed by atoms with Gasteiger partial charge in [0.05, 0.1) is 6.61 Å². The molecule has 1 atom stereocenters. The molecule has 1 N–H and O–H groups in total. The summed E-state index contributed by atoms with van der Waals surface area (Å²) in [5.74, 6) is 0. The molecule has 4 heteroatoms. The van der Waals surface area contributed by atoms with E-state index in [2.05, 4.69) is 37.9 Å². The Balaban J connectivity index is 1.82. The van der Waals surface area contributed by atoms with Gasteiger partial charge in [-0.25, -0.2) is 0 Å². The molecule has 0 spiro atoms. The lowest BCUT2D eigenvalue weighted by Crippen LogP contribution is -2.50. The average Bonchev–Trinajstić information content (AvgIpc) is 2.85. The van der Waals surface area contributed by atoms with Crippen LogP contribution in [0.25, 0.3) is 0 Å². The summed E-state index contributed by atoms with van der Waals surface area (Å²) in [6, 6.07) is 6.93. The molecule has 98 valence electrons. The van der Waals surface area contributed by atoms with Gasteiger partial charge in [0, 0.05) is 41.4 Å². The van der Waals surface area contributed by atoms with Gasteiger partial charge in [0.1, 0.15) is 0 Å². The van der Waals surface area contributed by atoms with Crippen molar-refractivity contribution < 1.29 is 5.11 Å². The second kappa shape index (κ2) is 5.19. The van der Waals surface area contributed by atoms with Crippen LogP contribution in [0.3, 0.4) is 0 Å². The van der Waals surface area contributed by atoms with Crippen molar-refractivity contribution >= 4 is 21.6 Å². The predicted molar refractivity (Wildman–Crippen MR) is 76.9 cm³/mol. The first-order valence-corrected chi connectivity index (χ1v) is 7.45. The Morgan fingerprint density at radius 2 is 2.17 bits per heavy atom. The first-order chi connectivity index (χ1) is 8.78. The maximum atomic E-state index is 9.50. The van der Waals surface area contributed by atoms with E-state index in [0.29, 0.717) is 6.04 Å². The largest absolute Gasteiger partial charge is 0.392 e. The molecule has 0 amide bonds. The van der Waals surface area contributed by atoms with Gasteiger partial charge < -0.3 is 10.0 Å². The Morgan fingerprint density at radius 1 is 1.28 bits per heavy atom. The van der Waals surface area contributed by atoms with Crippen molar-refractivity contribution in [1.29, 1.82) is 0 Å². The van der Waals surface area contributed by atoms with Gasteiger partial charge in [-0.05, 0) is 37.6 Å². The molecule has 2 saturated heterocycles. The number of fused-ring (bicyclic) bond motifs is 1. The lowest BCUT2D eigenvalue weighted by atomic mass is 10.1. The molecule has 1 unspecified atom stereocenters. The molecule has 2 fully saturated rings. The Hall–Kier alpha value is -0.580. The second-order valence-corrected chi connectivity index (χ2v) is 6.12. The highest BCUT2D eigenvalue weighted by Crippen LogP contribution is 2.29. The third kappa shape index (κ3) is 2.29. The van der Waals surface area contributed by atoms with Crippen molar-refractivity contribution in [2.75, 3.05) is 31.1 Å². The number of aliphatic hydroxyl groups is 1. The molecule has 2 heterocycles. The molecular weight excluding hydrogens is 292 g/mol. The lowest BCUT2D eigenvalue weighted by Gasteiger charge is -2.39. The van der Waals surface area contributed by atoms with Crippen LogP contribution < -0.4 is 4.90 Å². The van der Waals surface area contributed by atoms with Gasteiger partial charge in [-0.3, -0.25) is 4.90 Å². The second-order valence-electron chi connectivity index (χ2n) is 5.21. The molecule has 18 heavy (non-hydrogen) atoms. The SMILES string of the molecule is OCc1cc(Br)ccc1N1CCN2CCCC2C1. The Bertz CT molecular complexity index is 438. The molecular formula is C14H19BrN2O. The van der Waals surface area contributed by atoms with Gasteiger partial charge in [0.2, 0.25) is 0 Å². The highest BCUT2D eigenvalue weighted by atomic mass is 79.9. The molecule has 2 aliphatic heterocycles. The van der Waals surface area contributed by atoms with Crippen molar-refractivity contribution in [3.8, 4) is 0 Å². The summed E-state index contributed by atoms with van der Waals surface area (Å²) in [5.41, 5.74) is 2.23. The summed E-state index contributed by atoms with van der Waals surface area (Å²) in [6.07, 6.45) is 2.66. The molecule has 0 saturated carbocycles. The monoisotopic (exact) mass is 310 g/mol. The van der Waals surface area contributed by atoms with Crippen LogP contribution in [0.4, 0.5) is 5.69 Å². The van der Waals surface area contributed by atoms with Crippen LogP contribution in [0.15, 0.2) is 22.7 Å². The van der Waals surface area contributed by atoms with Gasteiger partial charge in [0.15, 0.2) is 0 Å². The summed E-state index contributed by atoms with van der Waals surface area (Å²) in [7, 11) is 0. The maximum Gasteiger partial charge on any atom is 0.0702 e. The van der Waals surface area contributed by atoms with Crippen LogP contribution in [0.1, 0.15) is 18.4 Å². The van der Waals surface area contributed by atoms with Crippen molar-refractivity contribution in [2.24, 2.45) is 0 Å². The standard InChI is InChI=1S/C14H19BrN2O/c15-12-3-4-14(11(8-12)10-18)17-7-6-16-5-1-2-13(16)9-17/h3-4,8,13,18H,1-2,5-7,9-10H2. The number of benzene rings is 1. The third-order valence-corrected chi connectivity index (χ3v) is 4.63. The van der Waals surface area contributed by atoms with Gasteiger partial charge in [0.25, 0.3) is 0 Å². The van der Waals surface area contributed by atoms with Crippen LogP contribution in [0, 0.1) is 0 Å². The number of piperazine rings is 1. The summed E-state index contributed by atoms with van der Waals surface area (Å²) in [6.45, 7) is 4.72. The lowest BCUT2D eigenvalue weighted by molar-refractivity contribution is 0.230. The maximum absolute atomic E-state index is 9.50. The van der Waals surface area contributed by atoms with E-state index >= 15 is 0 Å². The van der Waals surface area contributed by atoms with E-state index in [-0.39, 0.29) is 6.61 Å². The van der Waals surface area contributed by atoms with Crippen LogP contribution in [-0.4, -0.2) is 42.2 Å². The number of aliphatic hydroxyl groups excluding tert-OH is 1. The van der Waals surface area contributed by atoms with Crippen molar-refractivity contribution in [3.05, 3.63) is 28.2 Å². The minimum Gasteiger partial charge on any atom is -0.392 e. The zero-order valence-corrected chi connectivity index (χ0v) is 12.1. The summed E-state index contributed by atoms with van der Waals surface area (Å²) < 4.78 is 1.04. The highest BCUT2D eigenvalue weighted by Gasteiger charge is 2.31. The fourth-order valence-electron chi connectivity index (χ4n) is 3.20. The molecule has 1 aromatic carbocycles. The minimum atomic E-state index is 0.111. The van der Waals surface area contributed by atoms with Crippen molar-refractivity contribution in [3.63, 3.8) is 0 Å². The van der Waals surface area contributed by atoms with E-state index in [0.717, 1.165) is 29.7 Å². The number of anilines is 1. The van der Waals surface area contributed by atoms with E-state index in [4.69, 9.17) is 0 Å². The fourth-order valence-corrected chi connectivity index (χ4v) is 3.61. The van der Waals surface area contributed by atoms with E-state index in [9.17, 15) is 5.11 Å². The number of nitrogens with zero attached hydrogens (tertiary/aromatic N) is 2. The number of hydrogen-bond donors (Lipinski definition) is 1. The molecule has 3 rings (SSSR count). The molecule has 0 radical (unpaired) electrons. The first kappa shape index (κ1) is 12.5. The summed E-state index contributed by atoms with van der Waals surface area (Å²) >= 11 is 3.47. The van der Waals surface area contributed by atoms with Crippen LogP contribution in [0.5, 0.6) is 0 Å². The van der Waals surface area contributed by atoms with Crippen molar-refractivity contribution in [1.82, 2.24) is 4.90 Å². The minimum absolute atomic E-state index is 0.111. The third-order valence-electron chi connectivity index (χ3n) is 4.14. The number of hydrogen-bond acceptors (Lipinski definition) is 3. The molecule has 0 bridgehead atoms. The normalized spacial score (nSPS) is 24.3. The fraction of sp³-hybridized carbons (Fsp3) is 0.571. The van der Waals surface area contributed by atoms with E-state index < -0.39 is 0 Å². The highest BCUT2D eigenvalue weighted by molar-refractivity contribution is 9.10. The van der Waals surface area contributed by atoms with Gasteiger partial charge in [-0.2, -0.15) is 0 Å². The Kier molecular flexibility index (Phi) is 3.59. The zero-order chi connectivity index (χ0) is 12.5. The average molecular weight is 311 g/mol. The number of halogens is 1. The molecule has 0 aromatic heterocycles. The first-order valence-electron chi connectivity index (χ1n) is 6.66. The molecule has 0 aliphatic carbocycles. The topological polar surface area (TPSA) is 26.7 Å². The smallest absolute Gasteiger partial charge is 0.0702 e. The molecule has 2 aliphatic rings. The zero-order valence-electron chi connectivity index (χ0n) is 10.5. The number of rotatable bonds is 2. The van der Waals surface area contributed by atoms with Gasteiger partial charge >= 0.3 is 0 Å². The van der Waals surface area contributed by atoms with E-state index in [1.807, 2.05) is 6.07 Å². The quantitative estimate of drug-likeness (QED) is 0.907. The van der Waals surface area contributed by atoms with Gasteiger partial charge in [-0.15, -0.1) is 0 Å². The van der Waals surface area contributed by atoms with Crippen LogP contribution in [0.2, 0.25) is 0 Å². The predicted octanol–water partition coefficient (Wildman–Crippen LogP) is 2.23. The van der Waals surface area contributed by atoms with Crippen molar-refractivity contribution in [2.45, 2.75) is 25.5 Å². The van der Waals surface area contributed by atoms with E-state index in [1.165, 1.54) is 25.1 Å². The molecule has 3 nitrogen and oxygen atoms in total.